The van der Waals surface area contributed by atoms with E-state index in [1.807, 2.05) is 51.1 Å². The second-order valence-electron chi connectivity index (χ2n) is 11.0. The molecule has 0 radical (unpaired) electrons. The molecule has 3 unspecified atom stereocenters. The first kappa shape index (κ1) is 26.8. The number of nitrogens with zero attached hydrogens (tertiary/aromatic N) is 2. The van der Waals surface area contributed by atoms with E-state index >= 15 is 0 Å². The molecule has 3 atom stereocenters. The molecule has 0 aliphatic carbocycles. The lowest BCUT2D eigenvalue weighted by molar-refractivity contribution is -0.130. The number of benzene rings is 2. The third-order valence-electron chi connectivity index (χ3n) is 7.07. The van der Waals surface area contributed by atoms with Gasteiger partial charge in [-0.15, -0.1) is 0 Å². The largest absolute Gasteiger partial charge is 0.493 e. The molecular formula is C29H39N3O5. The summed E-state index contributed by atoms with van der Waals surface area (Å²) in [5.74, 6) is 1.22. The topological polar surface area (TPSA) is 80.3 Å². The lowest BCUT2D eigenvalue weighted by Gasteiger charge is -2.47. The Morgan fingerprint density at radius 1 is 1.11 bits per heavy atom. The first-order chi connectivity index (χ1) is 17.6. The number of carbonyl (C=O) groups excluding carboxylic acids is 2. The number of likely N-dealkylation sites (N-methyl/N-ethyl adjacent to an activating group) is 1. The highest BCUT2D eigenvalue weighted by Crippen LogP contribution is 2.44. The lowest BCUT2D eigenvalue weighted by Crippen LogP contribution is -2.53. The maximum atomic E-state index is 12.8. The Hall–Kier alpha value is -3.26. The SMILES string of the molecule is COc1cc2c(cc1OCC(=O)N(C)C)CCN1CC(c3ccccc3)C(NC(=O)OC(C)(C)C)CC21. The van der Waals surface area contributed by atoms with Gasteiger partial charge < -0.3 is 24.4 Å². The molecule has 8 heteroatoms. The van der Waals surface area contributed by atoms with Gasteiger partial charge in [-0.3, -0.25) is 9.69 Å². The fraction of sp³-hybridized carbons (Fsp3) is 0.517. The average Bonchev–Trinajstić information content (AvgIpc) is 2.85. The highest BCUT2D eigenvalue weighted by atomic mass is 16.6. The van der Waals surface area contributed by atoms with Crippen LogP contribution in [0.2, 0.25) is 0 Å². The fourth-order valence-corrected chi connectivity index (χ4v) is 5.24. The minimum atomic E-state index is -0.567. The molecule has 0 aromatic heterocycles. The van der Waals surface area contributed by atoms with Gasteiger partial charge in [-0.05, 0) is 62.4 Å². The summed E-state index contributed by atoms with van der Waals surface area (Å²) in [6.45, 7) is 7.31. The van der Waals surface area contributed by atoms with E-state index in [-0.39, 0.29) is 30.5 Å². The molecule has 2 aliphatic heterocycles. The van der Waals surface area contributed by atoms with E-state index in [9.17, 15) is 9.59 Å². The van der Waals surface area contributed by atoms with Gasteiger partial charge in [0.25, 0.3) is 5.91 Å². The van der Waals surface area contributed by atoms with Gasteiger partial charge in [-0.1, -0.05) is 30.3 Å². The van der Waals surface area contributed by atoms with Crippen molar-refractivity contribution in [3.8, 4) is 11.5 Å². The Labute approximate surface area is 219 Å². The minimum absolute atomic E-state index is 0.0433. The van der Waals surface area contributed by atoms with Crippen LogP contribution in [0.3, 0.4) is 0 Å². The number of rotatable bonds is 6. The molecule has 2 aliphatic rings. The smallest absolute Gasteiger partial charge is 0.407 e. The summed E-state index contributed by atoms with van der Waals surface area (Å²) >= 11 is 0. The molecule has 1 N–H and O–H groups in total. The molecule has 0 saturated carbocycles. The third-order valence-corrected chi connectivity index (χ3v) is 7.07. The van der Waals surface area contributed by atoms with Crippen LogP contribution in [0.4, 0.5) is 4.79 Å². The second kappa shape index (κ2) is 11.0. The molecule has 1 saturated heterocycles. The highest BCUT2D eigenvalue weighted by molar-refractivity contribution is 5.77. The van der Waals surface area contributed by atoms with Crippen LogP contribution in [0, 0.1) is 0 Å². The molecule has 0 bridgehead atoms. The molecule has 8 nitrogen and oxygen atoms in total. The summed E-state index contributed by atoms with van der Waals surface area (Å²) in [4.78, 5) is 28.9. The number of hydrogen-bond donors (Lipinski definition) is 1. The van der Waals surface area contributed by atoms with E-state index in [1.54, 1.807) is 21.2 Å². The van der Waals surface area contributed by atoms with Crippen LogP contribution < -0.4 is 14.8 Å². The predicted octanol–water partition coefficient (Wildman–Crippen LogP) is 4.14. The molecule has 0 spiro atoms. The normalized spacial score (nSPS) is 21.3. The molecular weight excluding hydrogens is 470 g/mol. The van der Waals surface area contributed by atoms with Gasteiger partial charge in [-0.2, -0.15) is 0 Å². The lowest BCUT2D eigenvalue weighted by atomic mass is 9.78. The van der Waals surface area contributed by atoms with E-state index in [4.69, 9.17) is 14.2 Å². The zero-order valence-corrected chi connectivity index (χ0v) is 22.7. The van der Waals surface area contributed by atoms with E-state index < -0.39 is 11.7 Å². The van der Waals surface area contributed by atoms with E-state index in [2.05, 4.69) is 22.3 Å². The van der Waals surface area contributed by atoms with Crippen LogP contribution >= 0.6 is 0 Å². The number of amides is 2. The van der Waals surface area contributed by atoms with Crippen LogP contribution in [0.25, 0.3) is 0 Å². The molecule has 2 heterocycles. The van der Waals surface area contributed by atoms with Crippen molar-refractivity contribution in [3.05, 3.63) is 59.2 Å². The van der Waals surface area contributed by atoms with E-state index in [1.165, 1.54) is 21.6 Å². The number of carbonyl (C=O) groups is 2. The average molecular weight is 510 g/mol. The summed E-state index contributed by atoms with van der Waals surface area (Å²) in [6.07, 6.45) is 1.23. The number of piperidine rings is 1. The highest BCUT2D eigenvalue weighted by Gasteiger charge is 2.41. The Morgan fingerprint density at radius 2 is 1.84 bits per heavy atom. The number of fused-ring (bicyclic) bond motifs is 3. The molecule has 200 valence electrons. The number of alkyl carbamates (subject to hydrolysis) is 1. The van der Waals surface area contributed by atoms with Crippen LogP contribution in [-0.2, 0) is 16.0 Å². The van der Waals surface area contributed by atoms with Crippen molar-refractivity contribution in [1.82, 2.24) is 15.1 Å². The number of methoxy groups -OCH3 is 1. The van der Waals surface area contributed by atoms with Gasteiger partial charge in [0.1, 0.15) is 5.60 Å². The molecule has 2 aromatic rings. The van der Waals surface area contributed by atoms with Crippen molar-refractivity contribution < 1.29 is 23.8 Å². The minimum Gasteiger partial charge on any atom is -0.493 e. The van der Waals surface area contributed by atoms with Crippen molar-refractivity contribution in [1.29, 1.82) is 0 Å². The van der Waals surface area contributed by atoms with Crippen molar-refractivity contribution >= 4 is 12.0 Å². The first-order valence-electron chi connectivity index (χ1n) is 12.9. The number of nitrogens with one attached hydrogen (secondary N) is 1. The number of hydrogen-bond acceptors (Lipinski definition) is 6. The first-order valence-corrected chi connectivity index (χ1v) is 12.9. The maximum Gasteiger partial charge on any atom is 0.407 e. The van der Waals surface area contributed by atoms with Gasteiger partial charge in [0, 0.05) is 45.2 Å². The van der Waals surface area contributed by atoms with Crippen molar-refractivity contribution in [2.45, 2.75) is 57.2 Å². The fourth-order valence-electron chi connectivity index (χ4n) is 5.24. The molecule has 4 rings (SSSR count). The van der Waals surface area contributed by atoms with Gasteiger partial charge in [0.05, 0.1) is 7.11 Å². The Kier molecular flexibility index (Phi) is 7.97. The molecule has 1 fully saturated rings. The quantitative estimate of drug-likeness (QED) is 0.631. The number of ether oxygens (including phenoxy) is 3. The Balaban J connectivity index is 1.61. The van der Waals surface area contributed by atoms with Gasteiger partial charge in [0.15, 0.2) is 18.1 Å². The molecule has 2 amide bonds. The zero-order valence-electron chi connectivity index (χ0n) is 22.7. The zero-order chi connectivity index (χ0) is 26.7. The van der Waals surface area contributed by atoms with Crippen molar-refractivity contribution in [3.63, 3.8) is 0 Å². The second-order valence-corrected chi connectivity index (χ2v) is 11.0. The molecule has 2 aromatic carbocycles. The van der Waals surface area contributed by atoms with Crippen LogP contribution in [0.1, 0.15) is 55.8 Å². The Bertz CT molecular complexity index is 1110. The third kappa shape index (κ3) is 6.36. The van der Waals surface area contributed by atoms with Crippen molar-refractivity contribution in [2.75, 3.05) is 40.9 Å². The van der Waals surface area contributed by atoms with Crippen LogP contribution in [0.15, 0.2) is 42.5 Å². The van der Waals surface area contributed by atoms with Gasteiger partial charge in [0.2, 0.25) is 0 Å². The molecule has 37 heavy (non-hydrogen) atoms. The maximum absolute atomic E-state index is 12.8. The monoisotopic (exact) mass is 509 g/mol. The summed E-state index contributed by atoms with van der Waals surface area (Å²) in [5, 5.41) is 3.19. The summed E-state index contributed by atoms with van der Waals surface area (Å²) in [5.41, 5.74) is 3.00. The van der Waals surface area contributed by atoms with Crippen LogP contribution in [0.5, 0.6) is 11.5 Å². The van der Waals surface area contributed by atoms with Crippen LogP contribution in [-0.4, -0.2) is 74.3 Å². The summed E-state index contributed by atoms with van der Waals surface area (Å²) in [7, 11) is 5.03. The van der Waals surface area contributed by atoms with E-state index in [0.717, 1.165) is 25.9 Å². The standard InChI is InChI=1S/C29H39N3O5/c1-29(2,3)37-28(34)30-23-16-24-21-15-25(35-6)26(36-18-27(33)31(4)5)14-20(21)12-13-32(24)17-22(23)19-10-8-7-9-11-19/h7-11,14-15,22-24H,12-13,16-18H2,1-6H3,(H,30,34). The van der Waals surface area contributed by atoms with Crippen molar-refractivity contribution in [2.24, 2.45) is 0 Å². The van der Waals surface area contributed by atoms with Gasteiger partial charge >= 0.3 is 6.09 Å². The van der Waals surface area contributed by atoms with E-state index in [0.29, 0.717) is 11.5 Å². The summed E-state index contributed by atoms with van der Waals surface area (Å²) < 4.78 is 17.1. The van der Waals surface area contributed by atoms with Gasteiger partial charge in [-0.25, -0.2) is 4.79 Å². The predicted molar refractivity (Wildman–Crippen MR) is 142 cm³/mol. The Morgan fingerprint density at radius 3 is 2.49 bits per heavy atom. The summed E-state index contributed by atoms with van der Waals surface area (Å²) in [6, 6.07) is 14.4.